The lowest BCUT2D eigenvalue weighted by Crippen LogP contribution is -2.00. The topological polar surface area (TPSA) is 33.4 Å². The van der Waals surface area contributed by atoms with E-state index in [9.17, 15) is 5.11 Å². The van der Waals surface area contributed by atoms with Crippen molar-refractivity contribution in [2.45, 2.75) is 6.10 Å². The van der Waals surface area contributed by atoms with Gasteiger partial charge in [0.15, 0.2) is 0 Å². The van der Waals surface area contributed by atoms with Crippen molar-refractivity contribution in [2.24, 2.45) is 0 Å². The van der Waals surface area contributed by atoms with E-state index in [1.807, 2.05) is 6.07 Å². The first-order valence-corrected chi connectivity index (χ1v) is 5.80. The molecule has 2 rings (SSSR count). The molecule has 2 aromatic rings. The van der Waals surface area contributed by atoms with Crippen molar-refractivity contribution in [2.75, 3.05) is 0 Å². The van der Waals surface area contributed by atoms with Crippen LogP contribution in [0.1, 0.15) is 17.4 Å². The van der Waals surface area contributed by atoms with Gasteiger partial charge in [-0.3, -0.25) is 0 Å². The highest BCUT2D eigenvalue weighted by Gasteiger charge is 2.16. The summed E-state index contributed by atoms with van der Waals surface area (Å²) >= 11 is 8.03. The van der Waals surface area contributed by atoms with Gasteiger partial charge in [-0.1, -0.05) is 11.6 Å². The number of rotatable bonds is 2. The Bertz CT molecular complexity index is 454. The van der Waals surface area contributed by atoms with Crippen LogP contribution in [0, 0.1) is 3.57 Å². The zero-order valence-electron chi connectivity index (χ0n) is 7.65. The average molecular weight is 335 g/mol. The summed E-state index contributed by atoms with van der Waals surface area (Å²) in [6, 6.07) is 8.89. The van der Waals surface area contributed by atoms with Crippen LogP contribution < -0.4 is 0 Å². The van der Waals surface area contributed by atoms with Gasteiger partial charge in [-0.25, -0.2) is 0 Å². The van der Waals surface area contributed by atoms with Crippen molar-refractivity contribution in [3.63, 3.8) is 0 Å². The summed E-state index contributed by atoms with van der Waals surface area (Å²) in [5, 5.41) is 10.6. The van der Waals surface area contributed by atoms with Crippen molar-refractivity contribution in [3.8, 4) is 0 Å². The van der Waals surface area contributed by atoms with E-state index in [4.69, 9.17) is 16.0 Å². The lowest BCUT2D eigenvalue weighted by atomic mass is 10.1. The fourth-order valence-electron chi connectivity index (χ4n) is 1.32. The second-order valence-electron chi connectivity index (χ2n) is 3.08. The van der Waals surface area contributed by atoms with Crippen molar-refractivity contribution < 1.29 is 9.52 Å². The number of furan rings is 1. The average Bonchev–Trinajstić information content (AvgIpc) is 2.74. The van der Waals surface area contributed by atoms with Crippen LogP contribution in [0.2, 0.25) is 5.02 Å². The van der Waals surface area contributed by atoms with E-state index in [2.05, 4.69) is 22.6 Å². The molecule has 0 aliphatic heterocycles. The maximum atomic E-state index is 10.0. The van der Waals surface area contributed by atoms with Crippen LogP contribution in [0.4, 0.5) is 0 Å². The molecule has 2 nitrogen and oxygen atoms in total. The van der Waals surface area contributed by atoms with Gasteiger partial charge in [0.1, 0.15) is 11.9 Å². The molecule has 0 aliphatic carbocycles. The van der Waals surface area contributed by atoms with E-state index in [0.717, 1.165) is 9.13 Å². The molecule has 1 heterocycles. The number of benzene rings is 1. The van der Waals surface area contributed by atoms with Crippen molar-refractivity contribution in [1.82, 2.24) is 0 Å². The van der Waals surface area contributed by atoms with E-state index in [0.29, 0.717) is 10.8 Å². The van der Waals surface area contributed by atoms with Crippen molar-refractivity contribution in [3.05, 3.63) is 56.5 Å². The highest BCUT2D eigenvalue weighted by atomic mass is 127. The molecule has 0 aliphatic rings. The molecule has 0 saturated carbocycles. The standard InChI is InChI=1S/C11H8ClIO2/c12-7-3-4-9(13)8(6-7)11(14)10-2-1-5-15-10/h1-6,11,14H. The van der Waals surface area contributed by atoms with Crippen LogP contribution in [-0.4, -0.2) is 5.11 Å². The summed E-state index contributed by atoms with van der Waals surface area (Å²) in [5.41, 5.74) is 0.762. The summed E-state index contributed by atoms with van der Waals surface area (Å²) in [6.45, 7) is 0. The van der Waals surface area contributed by atoms with Gasteiger partial charge < -0.3 is 9.52 Å². The lowest BCUT2D eigenvalue weighted by molar-refractivity contribution is 0.188. The van der Waals surface area contributed by atoms with Crippen LogP contribution in [0.3, 0.4) is 0 Å². The third-order valence-electron chi connectivity index (χ3n) is 2.07. The van der Waals surface area contributed by atoms with Gasteiger partial charge in [0.25, 0.3) is 0 Å². The number of halogens is 2. The van der Waals surface area contributed by atoms with Gasteiger partial charge in [0, 0.05) is 14.2 Å². The quantitative estimate of drug-likeness (QED) is 0.851. The number of aliphatic hydroxyl groups is 1. The van der Waals surface area contributed by atoms with Gasteiger partial charge in [-0.05, 0) is 52.9 Å². The minimum absolute atomic E-state index is 0.523. The molecule has 0 saturated heterocycles. The molecule has 78 valence electrons. The zero-order valence-corrected chi connectivity index (χ0v) is 10.6. The predicted molar refractivity (Wildman–Crippen MR) is 66.9 cm³/mol. The lowest BCUT2D eigenvalue weighted by Gasteiger charge is -2.10. The smallest absolute Gasteiger partial charge is 0.138 e. The van der Waals surface area contributed by atoms with Crippen LogP contribution in [-0.2, 0) is 0 Å². The number of aliphatic hydroxyl groups excluding tert-OH is 1. The molecule has 0 amide bonds. The van der Waals surface area contributed by atoms with Gasteiger partial charge in [-0.2, -0.15) is 0 Å². The fraction of sp³-hybridized carbons (Fsp3) is 0.0909. The first kappa shape index (κ1) is 11.0. The van der Waals surface area contributed by atoms with Crippen LogP contribution in [0.5, 0.6) is 0 Å². The third kappa shape index (κ3) is 2.35. The first-order chi connectivity index (χ1) is 7.18. The predicted octanol–water partition coefficient (Wildman–Crippen LogP) is 3.62. The van der Waals surface area contributed by atoms with E-state index >= 15 is 0 Å². The Balaban J connectivity index is 2.41. The van der Waals surface area contributed by atoms with E-state index < -0.39 is 6.10 Å². The normalized spacial score (nSPS) is 12.7. The monoisotopic (exact) mass is 334 g/mol. The minimum atomic E-state index is -0.759. The zero-order chi connectivity index (χ0) is 10.8. The molecule has 4 heteroatoms. The number of hydrogen-bond donors (Lipinski definition) is 1. The van der Waals surface area contributed by atoms with Gasteiger partial charge in [0.2, 0.25) is 0 Å². The molecule has 1 atom stereocenters. The summed E-state index contributed by atoms with van der Waals surface area (Å²) in [6.07, 6.45) is 0.779. The molecule has 0 radical (unpaired) electrons. The molecule has 0 spiro atoms. The van der Waals surface area contributed by atoms with Crippen molar-refractivity contribution >= 4 is 34.2 Å². The van der Waals surface area contributed by atoms with Crippen LogP contribution in [0.25, 0.3) is 0 Å². The maximum Gasteiger partial charge on any atom is 0.138 e. The SMILES string of the molecule is OC(c1ccco1)c1cc(Cl)ccc1I. The Labute approximate surface area is 106 Å². The minimum Gasteiger partial charge on any atom is -0.466 e. The summed E-state index contributed by atoms with van der Waals surface area (Å²) in [7, 11) is 0. The number of hydrogen-bond acceptors (Lipinski definition) is 2. The third-order valence-corrected chi connectivity index (χ3v) is 3.28. The van der Waals surface area contributed by atoms with Crippen LogP contribution in [0.15, 0.2) is 41.0 Å². The Morgan fingerprint density at radius 1 is 1.33 bits per heavy atom. The van der Waals surface area contributed by atoms with Crippen molar-refractivity contribution in [1.29, 1.82) is 0 Å². The van der Waals surface area contributed by atoms with E-state index in [-0.39, 0.29) is 0 Å². The van der Waals surface area contributed by atoms with E-state index in [1.165, 1.54) is 6.26 Å². The molecule has 0 fully saturated rings. The van der Waals surface area contributed by atoms with Gasteiger partial charge in [-0.15, -0.1) is 0 Å². The Morgan fingerprint density at radius 2 is 2.13 bits per heavy atom. The highest BCUT2D eigenvalue weighted by Crippen LogP contribution is 2.28. The first-order valence-electron chi connectivity index (χ1n) is 4.35. The largest absolute Gasteiger partial charge is 0.466 e. The van der Waals surface area contributed by atoms with Gasteiger partial charge >= 0.3 is 0 Å². The highest BCUT2D eigenvalue weighted by molar-refractivity contribution is 14.1. The Morgan fingerprint density at radius 3 is 2.80 bits per heavy atom. The molecule has 0 bridgehead atoms. The fourth-order valence-corrected chi connectivity index (χ4v) is 2.14. The van der Waals surface area contributed by atoms with E-state index in [1.54, 1.807) is 24.3 Å². The molecule has 1 aromatic heterocycles. The molecule has 1 N–H and O–H groups in total. The summed E-state index contributed by atoms with van der Waals surface area (Å²) in [4.78, 5) is 0. The van der Waals surface area contributed by atoms with Crippen LogP contribution >= 0.6 is 34.2 Å². The maximum absolute atomic E-state index is 10.0. The van der Waals surface area contributed by atoms with Gasteiger partial charge in [0.05, 0.1) is 6.26 Å². The second kappa shape index (κ2) is 4.55. The summed E-state index contributed by atoms with van der Waals surface area (Å²) in [5.74, 6) is 0.523. The summed E-state index contributed by atoms with van der Waals surface area (Å²) < 4.78 is 6.11. The molecule has 1 unspecified atom stereocenters. The second-order valence-corrected chi connectivity index (χ2v) is 4.68. The molecule has 1 aromatic carbocycles. The molecule has 15 heavy (non-hydrogen) atoms. The Kier molecular flexibility index (Phi) is 3.33. The molecular weight excluding hydrogens is 326 g/mol. The molecular formula is C11H8ClIO2. The Hall–Kier alpha value is -0.520.